The van der Waals surface area contributed by atoms with Gasteiger partial charge in [0.15, 0.2) is 0 Å². The monoisotopic (exact) mass is 165 g/mol. The Balaban J connectivity index is 2.29. The zero-order chi connectivity index (χ0) is 7.52. The van der Waals surface area contributed by atoms with Crippen molar-refractivity contribution in [3.63, 3.8) is 0 Å². The molecule has 3 nitrogen and oxygen atoms in total. The molecule has 0 bridgehead atoms. The quantitative estimate of drug-likeness (QED) is 0.677. The van der Waals surface area contributed by atoms with Crippen molar-refractivity contribution in [2.75, 3.05) is 6.54 Å². The summed E-state index contributed by atoms with van der Waals surface area (Å²) in [6.45, 7) is 0.830. The largest absolute Gasteiger partial charge is 0.372 e. The van der Waals surface area contributed by atoms with E-state index in [4.69, 9.17) is 0 Å². The van der Waals surface area contributed by atoms with Crippen LogP contribution >= 0.6 is 11.3 Å². The Morgan fingerprint density at radius 3 is 3.18 bits per heavy atom. The minimum atomic E-state index is 0.830. The number of hydrogen-bond acceptors (Lipinski definition) is 4. The lowest BCUT2D eigenvalue weighted by atomic mass is 10.3. The van der Waals surface area contributed by atoms with Crippen LogP contribution in [0.15, 0.2) is 22.8 Å². The second-order valence-electron chi connectivity index (χ2n) is 2.15. The summed E-state index contributed by atoms with van der Waals surface area (Å²) >= 11 is 1.64. The van der Waals surface area contributed by atoms with Crippen molar-refractivity contribution in [3.05, 3.63) is 22.8 Å². The van der Waals surface area contributed by atoms with E-state index in [0.717, 1.165) is 17.1 Å². The van der Waals surface area contributed by atoms with Gasteiger partial charge in [-0.3, -0.25) is 0 Å². The summed E-state index contributed by atoms with van der Waals surface area (Å²) in [4.78, 5) is 8.16. The lowest BCUT2D eigenvalue weighted by Crippen LogP contribution is -2.16. The number of aromatic nitrogens is 1. The molecule has 0 spiro atoms. The van der Waals surface area contributed by atoms with Crippen LogP contribution < -0.4 is 5.32 Å². The molecule has 0 aliphatic carbocycles. The van der Waals surface area contributed by atoms with Gasteiger partial charge in [0, 0.05) is 29.9 Å². The number of aliphatic imine (C=N–C) groups is 1. The fourth-order valence-corrected chi connectivity index (χ4v) is 1.54. The minimum absolute atomic E-state index is 0.830. The normalized spacial score (nSPS) is 15.8. The van der Waals surface area contributed by atoms with Crippen LogP contribution in [0.4, 0.5) is 0 Å². The zero-order valence-electron chi connectivity index (χ0n) is 5.82. The molecule has 2 heterocycles. The van der Waals surface area contributed by atoms with Crippen LogP contribution in [-0.4, -0.2) is 17.9 Å². The Kier molecular flexibility index (Phi) is 1.69. The van der Waals surface area contributed by atoms with Gasteiger partial charge in [0.25, 0.3) is 0 Å². The average Bonchev–Trinajstić information content (AvgIpc) is 2.58. The van der Waals surface area contributed by atoms with Crippen molar-refractivity contribution in [3.8, 4) is 0 Å². The SMILES string of the molecule is C1=NC=C(c2nccs2)CN1. The molecule has 4 heteroatoms. The number of nitrogens with zero attached hydrogens (tertiary/aromatic N) is 2. The molecule has 1 aliphatic heterocycles. The summed E-state index contributed by atoms with van der Waals surface area (Å²) in [7, 11) is 0. The Bertz CT molecular complexity index is 287. The van der Waals surface area contributed by atoms with Gasteiger partial charge in [0.05, 0.1) is 6.34 Å². The Morgan fingerprint density at radius 2 is 2.55 bits per heavy atom. The second-order valence-corrected chi connectivity index (χ2v) is 3.05. The smallest absolute Gasteiger partial charge is 0.122 e. The Hall–Kier alpha value is -1.16. The molecule has 0 amide bonds. The fourth-order valence-electron chi connectivity index (χ4n) is 0.894. The molecule has 0 fully saturated rings. The van der Waals surface area contributed by atoms with Crippen molar-refractivity contribution in [2.45, 2.75) is 0 Å². The summed E-state index contributed by atoms with van der Waals surface area (Å²) < 4.78 is 0. The van der Waals surface area contributed by atoms with Crippen LogP contribution in [0.2, 0.25) is 0 Å². The fraction of sp³-hybridized carbons (Fsp3) is 0.143. The van der Waals surface area contributed by atoms with Crippen LogP contribution in [0.25, 0.3) is 5.57 Å². The third-order valence-electron chi connectivity index (χ3n) is 1.40. The van der Waals surface area contributed by atoms with Gasteiger partial charge in [-0.1, -0.05) is 0 Å². The summed E-state index contributed by atoms with van der Waals surface area (Å²) in [5, 5.41) is 6.05. The molecule has 0 saturated heterocycles. The summed E-state index contributed by atoms with van der Waals surface area (Å²) in [5.41, 5.74) is 1.16. The van der Waals surface area contributed by atoms with E-state index in [1.807, 2.05) is 11.6 Å². The van der Waals surface area contributed by atoms with Gasteiger partial charge in [-0.25, -0.2) is 9.98 Å². The van der Waals surface area contributed by atoms with Crippen LogP contribution in [-0.2, 0) is 0 Å². The second kappa shape index (κ2) is 2.84. The van der Waals surface area contributed by atoms with Crippen molar-refractivity contribution >= 4 is 23.2 Å². The van der Waals surface area contributed by atoms with E-state index in [-0.39, 0.29) is 0 Å². The van der Waals surface area contributed by atoms with Gasteiger partial charge in [0.2, 0.25) is 0 Å². The molecule has 2 rings (SSSR count). The van der Waals surface area contributed by atoms with E-state index in [2.05, 4.69) is 15.3 Å². The number of nitrogens with one attached hydrogen (secondary N) is 1. The van der Waals surface area contributed by atoms with Gasteiger partial charge in [-0.2, -0.15) is 0 Å². The predicted octanol–water partition coefficient (Wildman–Crippen LogP) is 1.12. The van der Waals surface area contributed by atoms with E-state index in [9.17, 15) is 0 Å². The summed E-state index contributed by atoms with van der Waals surface area (Å²) in [5.74, 6) is 0. The van der Waals surface area contributed by atoms with E-state index in [0.29, 0.717) is 0 Å². The molecule has 1 aromatic rings. The maximum atomic E-state index is 4.18. The maximum absolute atomic E-state index is 4.18. The van der Waals surface area contributed by atoms with E-state index in [1.54, 1.807) is 23.9 Å². The lowest BCUT2D eigenvalue weighted by molar-refractivity contribution is 1.05. The van der Waals surface area contributed by atoms with Gasteiger partial charge in [-0.05, 0) is 0 Å². The van der Waals surface area contributed by atoms with Crippen LogP contribution in [0.5, 0.6) is 0 Å². The van der Waals surface area contributed by atoms with Crippen molar-refractivity contribution in [2.24, 2.45) is 4.99 Å². The van der Waals surface area contributed by atoms with E-state index >= 15 is 0 Å². The molecule has 0 aromatic carbocycles. The molecule has 11 heavy (non-hydrogen) atoms. The van der Waals surface area contributed by atoms with Crippen LogP contribution in [0.1, 0.15) is 5.01 Å². The molecule has 0 saturated carbocycles. The highest BCUT2D eigenvalue weighted by molar-refractivity contribution is 7.10. The number of rotatable bonds is 1. The zero-order valence-corrected chi connectivity index (χ0v) is 6.64. The highest BCUT2D eigenvalue weighted by atomic mass is 32.1. The third-order valence-corrected chi connectivity index (χ3v) is 2.24. The molecule has 1 N–H and O–H groups in total. The van der Waals surface area contributed by atoms with Gasteiger partial charge in [-0.15, -0.1) is 11.3 Å². The van der Waals surface area contributed by atoms with E-state index in [1.165, 1.54) is 0 Å². The standard InChI is InChI=1S/C7H7N3S/c1-2-11-7(10-1)6-3-8-5-9-4-6/h1-3,5H,4H2,(H,8,9). The van der Waals surface area contributed by atoms with Crippen molar-refractivity contribution in [1.82, 2.24) is 10.3 Å². The average molecular weight is 165 g/mol. The lowest BCUT2D eigenvalue weighted by Gasteiger charge is -2.05. The van der Waals surface area contributed by atoms with Gasteiger partial charge < -0.3 is 5.32 Å². The first kappa shape index (κ1) is 6.54. The van der Waals surface area contributed by atoms with Crippen molar-refractivity contribution in [1.29, 1.82) is 0 Å². The summed E-state index contributed by atoms with van der Waals surface area (Å²) in [6.07, 6.45) is 5.34. The molecular formula is C7H7N3S. The molecule has 1 aromatic heterocycles. The van der Waals surface area contributed by atoms with Gasteiger partial charge in [0.1, 0.15) is 5.01 Å². The molecule has 0 atom stereocenters. The van der Waals surface area contributed by atoms with Crippen molar-refractivity contribution < 1.29 is 0 Å². The van der Waals surface area contributed by atoms with Crippen LogP contribution in [0, 0.1) is 0 Å². The third kappa shape index (κ3) is 1.30. The minimum Gasteiger partial charge on any atom is -0.372 e. The van der Waals surface area contributed by atoms with E-state index < -0.39 is 0 Å². The first-order chi connectivity index (χ1) is 5.47. The number of thiazole rings is 1. The Morgan fingerprint density at radius 1 is 1.55 bits per heavy atom. The molecule has 0 unspecified atom stereocenters. The molecule has 0 radical (unpaired) electrons. The first-order valence-corrected chi connectivity index (χ1v) is 4.19. The topological polar surface area (TPSA) is 37.3 Å². The molecular weight excluding hydrogens is 158 g/mol. The number of hydrogen-bond donors (Lipinski definition) is 1. The highest BCUT2D eigenvalue weighted by Gasteiger charge is 2.04. The summed E-state index contributed by atoms with van der Waals surface area (Å²) in [6, 6.07) is 0. The molecule has 56 valence electrons. The maximum Gasteiger partial charge on any atom is 0.122 e. The van der Waals surface area contributed by atoms with Crippen LogP contribution in [0.3, 0.4) is 0 Å². The highest BCUT2D eigenvalue weighted by Crippen LogP contribution is 2.16. The predicted molar refractivity (Wildman–Crippen MR) is 46.6 cm³/mol. The van der Waals surface area contributed by atoms with Gasteiger partial charge >= 0.3 is 0 Å². The Labute approximate surface area is 68.5 Å². The molecule has 1 aliphatic rings. The first-order valence-electron chi connectivity index (χ1n) is 3.31.